The molecule has 0 atom stereocenters. The Hall–Kier alpha value is -1.40. The molecule has 6 heteroatoms. The van der Waals surface area contributed by atoms with Crippen molar-refractivity contribution in [2.75, 3.05) is 26.2 Å². The molecule has 0 saturated carbocycles. The summed E-state index contributed by atoms with van der Waals surface area (Å²) in [6, 6.07) is 2.46. The van der Waals surface area contributed by atoms with E-state index in [-0.39, 0.29) is 11.8 Å². The summed E-state index contributed by atoms with van der Waals surface area (Å²) in [6.45, 7) is 6.37. The average molecular weight is 364 g/mol. The molecule has 0 aliphatic carbocycles. The number of nitrogens with one attached hydrogen (secondary N) is 1. The van der Waals surface area contributed by atoms with Gasteiger partial charge in [0.15, 0.2) is 0 Å². The highest BCUT2D eigenvalue weighted by molar-refractivity contribution is 7.10. The third-order valence-corrected chi connectivity index (χ3v) is 6.27. The van der Waals surface area contributed by atoms with E-state index in [4.69, 9.17) is 0 Å². The van der Waals surface area contributed by atoms with Crippen LogP contribution in [0.25, 0.3) is 0 Å². The van der Waals surface area contributed by atoms with Crippen LogP contribution in [0.15, 0.2) is 11.4 Å². The number of nitrogens with zero attached hydrogens (tertiary/aromatic N) is 2. The molecule has 1 aromatic heterocycles. The molecule has 3 rings (SSSR count). The monoisotopic (exact) mass is 363 g/mol. The van der Waals surface area contributed by atoms with Crippen molar-refractivity contribution in [3.8, 4) is 0 Å². The van der Waals surface area contributed by atoms with Gasteiger partial charge in [0.1, 0.15) is 0 Å². The second-order valence-corrected chi connectivity index (χ2v) is 8.00. The molecular weight excluding hydrogens is 334 g/mol. The summed E-state index contributed by atoms with van der Waals surface area (Å²) in [7, 11) is 0. The van der Waals surface area contributed by atoms with Gasteiger partial charge in [-0.25, -0.2) is 0 Å². The van der Waals surface area contributed by atoms with E-state index < -0.39 is 0 Å². The number of rotatable bonds is 6. The number of fused-ring (bicyclic) bond motifs is 1. The molecule has 2 aliphatic rings. The summed E-state index contributed by atoms with van der Waals surface area (Å²) in [5, 5.41) is 5.45. The molecule has 1 N–H and O–H groups in total. The molecule has 2 amide bonds. The summed E-state index contributed by atoms with van der Waals surface area (Å²) in [5.41, 5.74) is 1.28. The molecule has 1 fully saturated rings. The van der Waals surface area contributed by atoms with Gasteiger partial charge in [0, 0.05) is 43.4 Å². The minimum atomic E-state index is 0.118. The Labute approximate surface area is 154 Å². The van der Waals surface area contributed by atoms with Crippen LogP contribution in [0.4, 0.5) is 0 Å². The topological polar surface area (TPSA) is 52.7 Å². The first-order valence-corrected chi connectivity index (χ1v) is 10.4. The van der Waals surface area contributed by atoms with Gasteiger partial charge in [0.25, 0.3) is 0 Å². The third kappa shape index (κ3) is 4.61. The van der Waals surface area contributed by atoms with Gasteiger partial charge in [-0.15, -0.1) is 11.3 Å². The van der Waals surface area contributed by atoms with Gasteiger partial charge in [0.2, 0.25) is 11.8 Å². The lowest BCUT2D eigenvalue weighted by Crippen LogP contribution is -2.46. The first kappa shape index (κ1) is 18.4. The van der Waals surface area contributed by atoms with E-state index in [9.17, 15) is 9.59 Å². The van der Waals surface area contributed by atoms with Crippen LogP contribution in [0.1, 0.15) is 49.5 Å². The lowest BCUT2D eigenvalue weighted by molar-refractivity contribution is -0.139. The van der Waals surface area contributed by atoms with Crippen molar-refractivity contribution in [2.24, 2.45) is 0 Å². The Kier molecular flexibility index (Phi) is 6.48. The zero-order valence-corrected chi connectivity index (χ0v) is 15.9. The van der Waals surface area contributed by atoms with Crippen molar-refractivity contribution in [1.29, 1.82) is 0 Å². The fraction of sp³-hybridized carbons (Fsp3) is 0.684. The molecule has 1 saturated heterocycles. The fourth-order valence-electron chi connectivity index (χ4n) is 3.85. The van der Waals surface area contributed by atoms with Crippen LogP contribution in [0.3, 0.4) is 0 Å². The molecule has 2 aliphatic heterocycles. The van der Waals surface area contributed by atoms with Crippen LogP contribution < -0.4 is 5.32 Å². The molecule has 0 unspecified atom stereocenters. The lowest BCUT2D eigenvalue weighted by atomic mass is 10.0. The molecule has 0 radical (unpaired) electrons. The quantitative estimate of drug-likeness (QED) is 0.844. The number of thiophene rings is 1. The summed E-state index contributed by atoms with van der Waals surface area (Å²) >= 11 is 1.78. The predicted molar refractivity (Wildman–Crippen MR) is 101 cm³/mol. The predicted octanol–water partition coefficient (Wildman–Crippen LogP) is 2.40. The normalized spacial score (nSPS) is 18.0. The Morgan fingerprint density at radius 2 is 2.12 bits per heavy atom. The van der Waals surface area contributed by atoms with E-state index in [1.165, 1.54) is 10.4 Å². The Bertz CT molecular complexity index is 595. The maximum Gasteiger partial charge on any atom is 0.223 e. The molecular formula is C19H29N3O2S. The molecule has 0 bridgehead atoms. The van der Waals surface area contributed by atoms with E-state index in [0.29, 0.717) is 25.4 Å². The highest BCUT2D eigenvalue weighted by atomic mass is 32.1. The zero-order chi connectivity index (χ0) is 17.6. The Balaban J connectivity index is 1.50. The second kappa shape index (κ2) is 8.81. The highest BCUT2D eigenvalue weighted by Crippen LogP contribution is 2.24. The molecule has 5 nitrogen and oxygen atoms in total. The van der Waals surface area contributed by atoms with Crippen molar-refractivity contribution in [3.05, 3.63) is 21.9 Å². The first-order valence-electron chi connectivity index (χ1n) is 9.52. The number of hydrogen-bond donors (Lipinski definition) is 1. The first-order chi connectivity index (χ1) is 12.2. The summed E-state index contributed by atoms with van der Waals surface area (Å²) in [4.78, 5) is 30.6. The molecule has 3 heterocycles. The van der Waals surface area contributed by atoms with Crippen LogP contribution in [0, 0.1) is 0 Å². The molecule has 138 valence electrons. The molecule has 25 heavy (non-hydrogen) atoms. The number of carbonyl (C=O) groups is 2. The van der Waals surface area contributed by atoms with E-state index in [2.05, 4.69) is 23.7 Å². The standard InChI is InChI=1S/C19H29N3O2S/c1-2-11-22(16-5-9-20-10-6-16)19(24)4-3-18(23)21-12-7-17-15(14-21)8-13-25-17/h8,13,16,20H,2-7,9-12,14H2,1H3. The van der Waals surface area contributed by atoms with Gasteiger partial charge in [0.05, 0.1) is 0 Å². The van der Waals surface area contributed by atoms with Crippen LogP contribution in [0.5, 0.6) is 0 Å². The van der Waals surface area contributed by atoms with E-state index in [1.54, 1.807) is 11.3 Å². The van der Waals surface area contributed by atoms with Crippen molar-refractivity contribution in [3.63, 3.8) is 0 Å². The van der Waals surface area contributed by atoms with Gasteiger partial charge in [-0.2, -0.15) is 0 Å². The number of hydrogen-bond acceptors (Lipinski definition) is 4. The second-order valence-electron chi connectivity index (χ2n) is 7.00. The van der Waals surface area contributed by atoms with E-state index in [1.807, 2.05) is 9.80 Å². The number of amides is 2. The largest absolute Gasteiger partial charge is 0.340 e. The summed E-state index contributed by atoms with van der Waals surface area (Å²) in [5.74, 6) is 0.266. The maximum atomic E-state index is 12.7. The van der Waals surface area contributed by atoms with Crippen molar-refractivity contribution >= 4 is 23.2 Å². The molecule has 0 spiro atoms. The Morgan fingerprint density at radius 1 is 1.32 bits per heavy atom. The molecule has 0 aromatic carbocycles. The smallest absolute Gasteiger partial charge is 0.223 e. The van der Waals surface area contributed by atoms with Crippen molar-refractivity contribution in [2.45, 2.75) is 58.0 Å². The SMILES string of the molecule is CCCN(C(=O)CCC(=O)N1CCc2sccc2C1)C1CCNCC1. The summed E-state index contributed by atoms with van der Waals surface area (Å²) in [6.07, 6.45) is 4.64. The van der Waals surface area contributed by atoms with Crippen LogP contribution in [0.2, 0.25) is 0 Å². The van der Waals surface area contributed by atoms with E-state index in [0.717, 1.165) is 51.9 Å². The van der Waals surface area contributed by atoms with Gasteiger partial charge in [-0.1, -0.05) is 6.92 Å². The van der Waals surface area contributed by atoms with E-state index >= 15 is 0 Å². The van der Waals surface area contributed by atoms with Crippen LogP contribution in [-0.2, 0) is 22.6 Å². The molecule has 1 aromatic rings. The third-order valence-electron chi connectivity index (χ3n) is 5.25. The highest BCUT2D eigenvalue weighted by Gasteiger charge is 2.26. The fourth-order valence-corrected chi connectivity index (χ4v) is 4.74. The van der Waals surface area contributed by atoms with Gasteiger partial charge < -0.3 is 15.1 Å². The van der Waals surface area contributed by atoms with Crippen LogP contribution >= 0.6 is 11.3 Å². The summed E-state index contributed by atoms with van der Waals surface area (Å²) < 4.78 is 0. The zero-order valence-electron chi connectivity index (χ0n) is 15.1. The van der Waals surface area contributed by atoms with Crippen LogP contribution in [-0.4, -0.2) is 53.8 Å². The minimum Gasteiger partial charge on any atom is -0.340 e. The van der Waals surface area contributed by atoms with Gasteiger partial charge in [-0.05, 0) is 55.8 Å². The van der Waals surface area contributed by atoms with Gasteiger partial charge in [-0.3, -0.25) is 9.59 Å². The Morgan fingerprint density at radius 3 is 2.88 bits per heavy atom. The van der Waals surface area contributed by atoms with Gasteiger partial charge >= 0.3 is 0 Å². The maximum absolute atomic E-state index is 12.7. The average Bonchev–Trinajstić information content (AvgIpc) is 3.12. The minimum absolute atomic E-state index is 0.118. The van der Waals surface area contributed by atoms with Crippen molar-refractivity contribution in [1.82, 2.24) is 15.1 Å². The lowest BCUT2D eigenvalue weighted by Gasteiger charge is -2.35. The number of piperidine rings is 1. The number of carbonyl (C=O) groups excluding carboxylic acids is 2. The van der Waals surface area contributed by atoms with Crippen molar-refractivity contribution < 1.29 is 9.59 Å².